The normalized spacial score (nSPS) is 13.4. The SMILES string of the molecule is CC1(C)c2ccccc2-c2c1ccc1cc(-c3nc(-c4ccccc4)nc(-c4ccccc4)n3)ccc21. The molecule has 0 atom stereocenters. The molecule has 0 N–H and O–H groups in total. The lowest BCUT2D eigenvalue weighted by molar-refractivity contribution is 0.661. The molecule has 3 nitrogen and oxygen atoms in total. The summed E-state index contributed by atoms with van der Waals surface area (Å²) in [4.78, 5) is 14.7. The van der Waals surface area contributed by atoms with Gasteiger partial charge in [0, 0.05) is 22.1 Å². The number of hydrogen-bond donors (Lipinski definition) is 0. The van der Waals surface area contributed by atoms with Crippen molar-refractivity contribution in [2.45, 2.75) is 19.3 Å². The fraction of sp³-hybridized carbons (Fsp3) is 0.0882. The Morgan fingerprint density at radius 3 is 1.70 bits per heavy atom. The van der Waals surface area contributed by atoms with Crippen LogP contribution < -0.4 is 0 Å². The first-order chi connectivity index (χ1) is 18.1. The van der Waals surface area contributed by atoms with Crippen molar-refractivity contribution in [2.75, 3.05) is 0 Å². The average Bonchev–Trinajstić information content (AvgIpc) is 3.20. The molecule has 0 spiro atoms. The minimum atomic E-state index is -0.0117. The highest BCUT2D eigenvalue weighted by molar-refractivity contribution is 6.03. The molecule has 5 aromatic carbocycles. The van der Waals surface area contributed by atoms with Crippen LogP contribution in [0, 0.1) is 0 Å². The monoisotopic (exact) mass is 475 g/mol. The average molecular weight is 476 g/mol. The van der Waals surface area contributed by atoms with Crippen molar-refractivity contribution in [1.82, 2.24) is 15.0 Å². The van der Waals surface area contributed by atoms with Gasteiger partial charge in [-0.2, -0.15) is 0 Å². The van der Waals surface area contributed by atoms with E-state index >= 15 is 0 Å². The molecule has 1 aliphatic carbocycles. The third-order valence-corrected chi connectivity index (χ3v) is 7.52. The van der Waals surface area contributed by atoms with E-state index in [-0.39, 0.29) is 5.41 Å². The van der Waals surface area contributed by atoms with E-state index in [0.717, 1.165) is 16.7 Å². The van der Waals surface area contributed by atoms with E-state index in [2.05, 4.69) is 68.4 Å². The summed E-state index contributed by atoms with van der Waals surface area (Å²) in [5.74, 6) is 2.03. The standard InChI is InChI=1S/C34H25N3/c1-34(2)28-16-10-9-15-27(28)30-26-19-17-25(21-24(26)18-20-29(30)34)33-36-31(22-11-5-3-6-12-22)35-32(37-33)23-13-7-4-8-14-23/h3-21H,1-2H3. The van der Waals surface area contributed by atoms with E-state index in [0.29, 0.717) is 17.5 Å². The summed E-state index contributed by atoms with van der Waals surface area (Å²) in [5.41, 5.74) is 8.36. The van der Waals surface area contributed by atoms with Crippen LogP contribution in [-0.4, -0.2) is 15.0 Å². The molecule has 0 fully saturated rings. The Labute approximate surface area is 216 Å². The topological polar surface area (TPSA) is 38.7 Å². The van der Waals surface area contributed by atoms with Crippen LogP contribution >= 0.6 is 0 Å². The van der Waals surface area contributed by atoms with E-state index in [1.807, 2.05) is 60.7 Å². The van der Waals surface area contributed by atoms with Gasteiger partial charge in [0.15, 0.2) is 17.5 Å². The van der Waals surface area contributed by atoms with Crippen LogP contribution in [0.5, 0.6) is 0 Å². The van der Waals surface area contributed by atoms with Crippen molar-refractivity contribution in [1.29, 1.82) is 0 Å². The highest BCUT2D eigenvalue weighted by Gasteiger charge is 2.35. The van der Waals surface area contributed by atoms with Gasteiger partial charge in [0.05, 0.1) is 0 Å². The zero-order valence-electron chi connectivity index (χ0n) is 20.8. The molecule has 1 aliphatic rings. The minimum absolute atomic E-state index is 0.0117. The zero-order valence-corrected chi connectivity index (χ0v) is 20.8. The Morgan fingerprint density at radius 2 is 1.05 bits per heavy atom. The van der Waals surface area contributed by atoms with E-state index in [1.54, 1.807) is 0 Å². The van der Waals surface area contributed by atoms with Gasteiger partial charge in [-0.05, 0) is 39.1 Å². The molecule has 1 heterocycles. The molecule has 6 aromatic rings. The Bertz CT molecular complexity index is 1730. The maximum atomic E-state index is 4.92. The fourth-order valence-corrected chi connectivity index (χ4v) is 5.61. The second-order valence-electron chi connectivity index (χ2n) is 10.1. The second-order valence-corrected chi connectivity index (χ2v) is 10.1. The Morgan fingerprint density at radius 1 is 0.486 bits per heavy atom. The number of rotatable bonds is 3. The van der Waals surface area contributed by atoms with Crippen molar-refractivity contribution in [3.8, 4) is 45.3 Å². The number of fused-ring (bicyclic) bond motifs is 5. The Kier molecular flexibility index (Phi) is 4.80. The van der Waals surface area contributed by atoms with E-state index < -0.39 is 0 Å². The molecule has 0 radical (unpaired) electrons. The van der Waals surface area contributed by atoms with Gasteiger partial charge in [0.25, 0.3) is 0 Å². The highest BCUT2D eigenvalue weighted by atomic mass is 15.0. The number of nitrogens with zero attached hydrogens (tertiary/aromatic N) is 3. The van der Waals surface area contributed by atoms with Gasteiger partial charge in [-0.15, -0.1) is 0 Å². The summed E-state index contributed by atoms with van der Waals surface area (Å²) in [6.07, 6.45) is 0. The Balaban J connectivity index is 1.42. The maximum Gasteiger partial charge on any atom is 0.164 e. The molecule has 0 aliphatic heterocycles. The summed E-state index contributed by atoms with van der Waals surface area (Å²) in [6, 6.07) is 40.1. The first kappa shape index (κ1) is 21.6. The van der Waals surface area contributed by atoms with Crippen molar-refractivity contribution in [3.05, 3.63) is 126 Å². The molecule has 37 heavy (non-hydrogen) atoms. The lowest BCUT2D eigenvalue weighted by Gasteiger charge is -2.21. The van der Waals surface area contributed by atoms with E-state index in [9.17, 15) is 0 Å². The van der Waals surface area contributed by atoms with Crippen LogP contribution in [0.25, 0.3) is 56.1 Å². The molecule has 3 heteroatoms. The lowest BCUT2D eigenvalue weighted by Crippen LogP contribution is -2.14. The van der Waals surface area contributed by atoms with Gasteiger partial charge in [0.1, 0.15) is 0 Å². The number of aromatic nitrogens is 3. The lowest BCUT2D eigenvalue weighted by atomic mass is 9.82. The third-order valence-electron chi connectivity index (χ3n) is 7.52. The van der Waals surface area contributed by atoms with Gasteiger partial charge in [-0.3, -0.25) is 0 Å². The smallest absolute Gasteiger partial charge is 0.164 e. The number of hydrogen-bond acceptors (Lipinski definition) is 3. The second kappa shape index (κ2) is 8.21. The molecule has 1 aromatic heterocycles. The summed E-state index contributed by atoms with van der Waals surface area (Å²) < 4.78 is 0. The molecule has 0 unspecified atom stereocenters. The van der Waals surface area contributed by atoms with Crippen LogP contribution in [0.15, 0.2) is 115 Å². The first-order valence-electron chi connectivity index (χ1n) is 12.6. The fourth-order valence-electron chi connectivity index (χ4n) is 5.61. The molecule has 7 rings (SSSR count). The molecule has 176 valence electrons. The third kappa shape index (κ3) is 3.47. The highest BCUT2D eigenvalue weighted by Crippen LogP contribution is 2.51. The minimum Gasteiger partial charge on any atom is -0.208 e. The van der Waals surface area contributed by atoms with Crippen LogP contribution in [0.4, 0.5) is 0 Å². The van der Waals surface area contributed by atoms with Crippen molar-refractivity contribution in [2.24, 2.45) is 0 Å². The van der Waals surface area contributed by atoms with E-state index in [1.165, 1.54) is 33.0 Å². The predicted octanol–water partition coefficient (Wildman–Crippen LogP) is 8.33. The maximum absolute atomic E-state index is 4.92. The largest absolute Gasteiger partial charge is 0.208 e. The summed E-state index contributed by atoms with van der Waals surface area (Å²) in [7, 11) is 0. The molecular formula is C34H25N3. The molecule has 0 amide bonds. The van der Waals surface area contributed by atoms with E-state index in [4.69, 9.17) is 15.0 Å². The summed E-state index contributed by atoms with van der Waals surface area (Å²) in [6.45, 7) is 4.64. The van der Waals surface area contributed by atoms with Gasteiger partial charge < -0.3 is 0 Å². The van der Waals surface area contributed by atoms with Crippen molar-refractivity contribution < 1.29 is 0 Å². The molecule has 0 bridgehead atoms. The van der Waals surface area contributed by atoms with Gasteiger partial charge in [-0.1, -0.05) is 123 Å². The van der Waals surface area contributed by atoms with Crippen molar-refractivity contribution >= 4 is 10.8 Å². The van der Waals surface area contributed by atoms with Crippen LogP contribution in [0.2, 0.25) is 0 Å². The summed E-state index contributed by atoms with van der Waals surface area (Å²) in [5, 5.41) is 2.45. The number of benzene rings is 5. The summed E-state index contributed by atoms with van der Waals surface area (Å²) >= 11 is 0. The van der Waals surface area contributed by atoms with Gasteiger partial charge in [-0.25, -0.2) is 15.0 Å². The van der Waals surface area contributed by atoms with Crippen LogP contribution in [0.1, 0.15) is 25.0 Å². The molecule has 0 saturated carbocycles. The van der Waals surface area contributed by atoms with Crippen LogP contribution in [-0.2, 0) is 5.41 Å². The van der Waals surface area contributed by atoms with Crippen LogP contribution in [0.3, 0.4) is 0 Å². The first-order valence-corrected chi connectivity index (χ1v) is 12.6. The quantitative estimate of drug-likeness (QED) is 0.258. The molecule has 0 saturated heterocycles. The van der Waals surface area contributed by atoms with Gasteiger partial charge in [0.2, 0.25) is 0 Å². The van der Waals surface area contributed by atoms with Crippen molar-refractivity contribution in [3.63, 3.8) is 0 Å². The Hall–Kier alpha value is -4.63. The van der Waals surface area contributed by atoms with Gasteiger partial charge >= 0.3 is 0 Å². The predicted molar refractivity (Wildman–Crippen MR) is 151 cm³/mol. The molecular weight excluding hydrogens is 450 g/mol. The zero-order chi connectivity index (χ0) is 25.0.